The molecule has 0 aromatic rings. The van der Waals surface area contributed by atoms with E-state index in [0.29, 0.717) is 5.92 Å². The zero-order valence-electron chi connectivity index (χ0n) is 12.8. The van der Waals surface area contributed by atoms with E-state index in [4.69, 9.17) is 4.74 Å². The monoisotopic (exact) mass is 276 g/mol. The highest BCUT2D eigenvalue weighted by molar-refractivity contribution is 5.16. The van der Waals surface area contributed by atoms with E-state index in [1.165, 1.54) is 32.1 Å². The average molecular weight is 276 g/mol. The van der Waals surface area contributed by atoms with Crippen LogP contribution in [0.4, 0.5) is 0 Å². The number of aliphatic hydroxyl groups is 1. The van der Waals surface area contributed by atoms with E-state index < -0.39 is 6.29 Å². The molecule has 8 unspecified atom stereocenters. The van der Waals surface area contributed by atoms with Crippen LogP contribution in [0.25, 0.3) is 0 Å². The van der Waals surface area contributed by atoms with Crippen LogP contribution < -0.4 is 0 Å². The largest absolute Gasteiger partial charge is 0.364 e. The smallest absolute Gasteiger partial charge is 0.177 e. The second-order valence-corrected chi connectivity index (χ2v) is 8.03. The number of rotatable bonds is 4. The Bertz CT molecular complexity index is 431. The highest BCUT2D eigenvalue weighted by Crippen LogP contribution is 2.70. The lowest BCUT2D eigenvalue weighted by molar-refractivity contribution is -0.203. The lowest BCUT2D eigenvalue weighted by Crippen LogP contribution is -2.48. The first-order valence-electron chi connectivity index (χ1n) is 8.57. The van der Waals surface area contributed by atoms with Crippen LogP contribution in [0, 0.1) is 35.5 Å². The van der Waals surface area contributed by atoms with Gasteiger partial charge in [0.1, 0.15) is 0 Å². The topological polar surface area (TPSA) is 29.5 Å². The molecular weight excluding hydrogens is 248 g/mol. The Morgan fingerprint density at radius 3 is 2.60 bits per heavy atom. The molecule has 0 aromatic carbocycles. The third-order valence-corrected chi connectivity index (χ3v) is 7.26. The van der Waals surface area contributed by atoms with Gasteiger partial charge in [0.05, 0.1) is 5.60 Å². The van der Waals surface area contributed by atoms with Gasteiger partial charge in [-0.15, -0.1) is 0 Å². The molecule has 0 aromatic heterocycles. The molecule has 20 heavy (non-hydrogen) atoms. The summed E-state index contributed by atoms with van der Waals surface area (Å²) in [6.07, 6.45) is 7.25. The van der Waals surface area contributed by atoms with Crippen LogP contribution >= 0.6 is 0 Å². The molecule has 0 spiro atoms. The van der Waals surface area contributed by atoms with Gasteiger partial charge in [-0.1, -0.05) is 13.5 Å². The zero-order chi connectivity index (χ0) is 14.1. The molecule has 0 aliphatic heterocycles. The summed E-state index contributed by atoms with van der Waals surface area (Å²) in [6.45, 7) is 7.96. The van der Waals surface area contributed by atoms with E-state index in [2.05, 4.69) is 13.5 Å². The summed E-state index contributed by atoms with van der Waals surface area (Å²) in [5, 5.41) is 10.2. The molecule has 0 saturated heterocycles. The normalized spacial score (nSPS) is 53.4. The first kappa shape index (κ1) is 13.3. The van der Waals surface area contributed by atoms with Crippen molar-refractivity contribution in [1.29, 1.82) is 0 Å². The van der Waals surface area contributed by atoms with Gasteiger partial charge in [-0.25, -0.2) is 0 Å². The molecular formula is C18H28O2. The number of aliphatic hydroxyl groups excluding tert-OH is 1. The molecule has 0 radical (unpaired) electrons. The van der Waals surface area contributed by atoms with Crippen molar-refractivity contribution in [3.63, 3.8) is 0 Å². The van der Waals surface area contributed by atoms with Gasteiger partial charge >= 0.3 is 0 Å². The standard InChI is InChI=1S/C18H28O2/c1-4-18(20-17(19)10(2)3)9-13-8-14(18)16-12-6-5-11(7-12)15(13)16/h11-17,19H,2,4-9H2,1,3H3. The molecule has 2 heteroatoms. The predicted molar refractivity (Wildman–Crippen MR) is 79.0 cm³/mol. The molecule has 1 N–H and O–H groups in total. The first-order valence-corrected chi connectivity index (χ1v) is 8.57. The maximum absolute atomic E-state index is 10.2. The molecule has 4 bridgehead atoms. The lowest BCUT2D eigenvalue weighted by Gasteiger charge is -2.46. The van der Waals surface area contributed by atoms with Crippen molar-refractivity contribution in [2.24, 2.45) is 35.5 Å². The summed E-state index contributed by atoms with van der Waals surface area (Å²) in [5.41, 5.74) is 0.680. The second kappa shape index (κ2) is 4.33. The van der Waals surface area contributed by atoms with Crippen molar-refractivity contribution >= 4 is 0 Å². The maximum Gasteiger partial charge on any atom is 0.177 e. The molecule has 2 nitrogen and oxygen atoms in total. The first-order chi connectivity index (χ1) is 9.55. The summed E-state index contributed by atoms with van der Waals surface area (Å²) in [7, 11) is 0. The Labute approximate surface area is 122 Å². The molecule has 8 atom stereocenters. The highest BCUT2D eigenvalue weighted by Gasteiger charge is 2.67. The summed E-state index contributed by atoms with van der Waals surface area (Å²) < 4.78 is 6.22. The number of fused-ring (bicyclic) bond motifs is 9. The predicted octanol–water partition coefficient (Wildman–Crippen LogP) is 3.75. The molecule has 0 heterocycles. The van der Waals surface area contributed by atoms with Crippen LogP contribution in [0.3, 0.4) is 0 Å². The molecule has 4 saturated carbocycles. The van der Waals surface area contributed by atoms with Crippen LogP contribution in [0.1, 0.15) is 52.4 Å². The highest BCUT2D eigenvalue weighted by atomic mass is 16.6. The zero-order valence-corrected chi connectivity index (χ0v) is 12.8. The van der Waals surface area contributed by atoms with E-state index in [0.717, 1.165) is 41.6 Å². The Balaban J connectivity index is 1.60. The van der Waals surface area contributed by atoms with Gasteiger partial charge < -0.3 is 9.84 Å². The molecule has 4 fully saturated rings. The van der Waals surface area contributed by atoms with E-state index in [9.17, 15) is 5.11 Å². The van der Waals surface area contributed by atoms with E-state index in [1.54, 1.807) is 0 Å². The number of ether oxygens (including phenoxy) is 1. The van der Waals surface area contributed by atoms with Gasteiger partial charge in [0.25, 0.3) is 0 Å². The quantitative estimate of drug-likeness (QED) is 0.481. The van der Waals surface area contributed by atoms with E-state index >= 15 is 0 Å². The third kappa shape index (κ3) is 1.58. The van der Waals surface area contributed by atoms with Crippen molar-refractivity contribution in [2.45, 2.75) is 64.3 Å². The summed E-state index contributed by atoms with van der Waals surface area (Å²) >= 11 is 0. The van der Waals surface area contributed by atoms with Crippen LogP contribution in [-0.2, 0) is 4.74 Å². The van der Waals surface area contributed by atoms with E-state index in [-0.39, 0.29) is 5.60 Å². The van der Waals surface area contributed by atoms with Gasteiger partial charge in [-0.2, -0.15) is 0 Å². The summed E-state index contributed by atoms with van der Waals surface area (Å²) in [6, 6.07) is 0. The maximum atomic E-state index is 10.2. The Morgan fingerprint density at radius 2 is 1.95 bits per heavy atom. The Hall–Kier alpha value is -0.340. The Kier molecular flexibility index (Phi) is 2.89. The molecule has 4 rings (SSSR count). The van der Waals surface area contributed by atoms with Crippen LogP contribution in [-0.4, -0.2) is 17.0 Å². The van der Waals surface area contributed by atoms with Crippen LogP contribution in [0.5, 0.6) is 0 Å². The molecule has 4 aliphatic carbocycles. The van der Waals surface area contributed by atoms with Gasteiger partial charge in [-0.3, -0.25) is 0 Å². The molecule has 4 aliphatic rings. The molecule has 112 valence electrons. The second-order valence-electron chi connectivity index (χ2n) is 8.03. The lowest BCUT2D eigenvalue weighted by atomic mass is 9.65. The third-order valence-electron chi connectivity index (χ3n) is 7.26. The minimum atomic E-state index is -0.772. The summed E-state index contributed by atoms with van der Waals surface area (Å²) in [4.78, 5) is 0. The Morgan fingerprint density at radius 1 is 1.25 bits per heavy atom. The van der Waals surface area contributed by atoms with E-state index in [1.807, 2.05) is 6.92 Å². The van der Waals surface area contributed by atoms with Gasteiger partial charge in [-0.05, 0) is 86.5 Å². The van der Waals surface area contributed by atoms with Crippen molar-refractivity contribution < 1.29 is 9.84 Å². The SMILES string of the molecule is C=C(C)C(O)OC1(CC)CC2CC1C1C3CCC(C3)C21. The van der Waals surface area contributed by atoms with Gasteiger partial charge in [0.15, 0.2) is 6.29 Å². The van der Waals surface area contributed by atoms with Gasteiger partial charge in [0, 0.05) is 0 Å². The van der Waals surface area contributed by atoms with Crippen molar-refractivity contribution in [3.05, 3.63) is 12.2 Å². The van der Waals surface area contributed by atoms with Crippen molar-refractivity contribution in [1.82, 2.24) is 0 Å². The molecule has 0 amide bonds. The van der Waals surface area contributed by atoms with Crippen LogP contribution in [0.15, 0.2) is 12.2 Å². The minimum absolute atomic E-state index is 0.0608. The number of hydrogen-bond donors (Lipinski definition) is 1. The fourth-order valence-electron chi connectivity index (χ4n) is 6.65. The summed E-state index contributed by atoms with van der Waals surface area (Å²) in [5.74, 6) is 5.48. The fraction of sp³-hybridized carbons (Fsp3) is 0.889. The van der Waals surface area contributed by atoms with Crippen molar-refractivity contribution in [2.75, 3.05) is 0 Å². The van der Waals surface area contributed by atoms with Crippen LogP contribution in [0.2, 0.25) is 0 Å². The van der Waals surface area contributed by atoms with Gasteiger partial charge in [0.2, 0.25) is 0 Å². The fourth-order valence-corrected chi connectivity index (χ4v) is 6.65. The average Bonchev–Trinajstić information content (AvgIpc) is 3.15. The minimum Gasteiger partial charge on any atom is -0.364 e. The number of hydrogen-bond acceptors (Lipinski definition) is 2. The van der Waals surface area contributed by atoms with Crippen molar-refractivity contribution in [3.8, 4) is 0 Å².